The van der Waals surface area contributed by atoms with Crippen LogP contribution in [0.15, 0.2) is 58.6 Å². The summed E-state index contributed by atoms with van der Waals surface area (Å²) in [4.78, 5) is 23.4. The van der Waals surface area contributed by atoms with Gasteiger partial charge in [0.2, 0.25) is 0 Å². The molecule has 0 aliphatic carbocycles. The monoisotopic (exact) mass is 425 g/mol. The van der Waals surface area contributed by atoms with Gasteiger partial charge in [0.15, 0.2) is 0 Å². The first-order valence-electron chi connectivity index (χ1n) is 10.9. The van der Waals surface area contributed by atoms with Gasteiger partial charge in [0.25, 0.3) is 5.91 Å². The Hall–Kier alpha value is -1.89. The third-order valence-electron chi connectivity index (χ3n) is 5.87. The number of likely N-dealkylation sites (tertiary alicyclic amines) is 1. The summed E-state index contributed by atoms with van der Waals surface area (Å²) < 4.78 is 5.85. The number of piperidine rings is 1. The Kier molecular flexibility index (Phi) is 7.08. The van der Waals surface area contributed by atoms with E-state index in [-0.39, 0.29) is 5.91 Å². The lowest BCUT2D eigenvalue weighted by molar-refractivity contribution is -0.0728. The molecule has 1 aromatic carbocycles. The molecule has 4 rings (SSSR count). The molecule has 5 nitrogen and oxygen atoms in total. The van der Waals surface area contributed by atoms with Crippen molar-refractivity contribution in [2.45, 2.75) is 48.8 Å². The Labute approximate surface area is 183 Å². The maximum absolute atomic E-state index is 13.2. The minimum Gasteiger partial charge on any atom is -0.373 e. The lowest BCUT2D eigenvalue weighted by Gasteiger charge is -2.39. The number of carbonyl (C=O) groups excluding carboxylic acids is 1. The number of nitrogens with zero attached hydrogens (tertiary/aromatic N) is 3. The maximum Gasteiger partial charge on any atom is 0.256 e. The molecule has 1 aromatic heterocycles. The number of rotatable bonds is 5. The zero-order chi connectivity index (χ0) is 20.9. The fraction of sp³-hybridized carbons (Fsp3) is 0.500. The lowest BCUT2D eigenvalue weighted by Crippen LogP contribution is -2.48. The van der Waals surface area contributed by atoms with Crippen molar-refractivity contribution in [2.75, 3.05) is 32.7 Å². The highest BCUT2D eigenvalue weighted by Gasteiger charge is 2.29. The van der Waals surface area contributed by atoms with Crippen molar-refractivity contribution in [2.24, 2.45) is 5.92 Å². The van der Waals surface area contributed by atoms with Crippen LogP contribution in [0.2, 0.25) is 0 Å². The van der Waals surface area contributed by atoms with Crippen LogP contribution >= 0.6 is 11.8 Å². The Balaban J connectivity index is 1.35. The van der Waals surface area contributed by atoms with Crippen LogP contribution in [0.5, 0.6) is 0 Å². The predicted octanol–water partition coefficient (Wildman–Crippen LogP) is 4.19. The third kappa shape index (κ3) is 5.42. The van der Waals surface area contributed by atoms with E-state index in [0.717, 1.165) is 55.5 Å². The van der Waals surface area contributed by atoms with Gasteiger partial charge in [0, 0.05) is 43.8 Å². The molecule has 0 radical (unpaired) electrons. The van der Waals surface area contributed by atoms with Gasteiger partial charge >= 0.3 is 0 Å². The Morgan fingerprint density at radius 2 is 1.77 bits per heavy atom. The smallest absolute Gasteiger partial charge is 0.256 e. The number of ether oxygens (including phenoxy) is 1. The molecular weight excluding hydrogens is 394 g/mol. The quantitative estimate of drug-likeness (QED) is 0.719. The number of morpholine rings is 1. The van der Waals surface area contributed by atoms with Crippen LogP contribution in [0.4, 0.5) is 0 Å². The molecule has 1 amide bonds. The fourth-order valence-corrected chi connectivity index (χ4v) is 5.42. The standard InChI is InChI=1S/C24H31N3O2S/c1-18-15-26(16-19(2)29-18)17-20-10-13-27(14-11-20)24(28)22-9-6-12-25-23(22)30-21-7-4-3-5-8-21/h3-9,12,18-20H,10-11,13-17H2,1-2H3. The van der Waals surface area contributed by atoms with E-state index in [1.54, 1.807) is 18.0 Å². The Morgan fingerprint density at radius 3 is 2.47 bits per heavy atom. The average molecular weight is 426 g/mol. The number of hydrogen-bond acceptors (Lipinski definition) is 5. The first kappa shape index (κ1) is 21.3. The zero-order valence-corrected chi connectivity index (χ0v) is 18.7. The normalized spacial score (nSPS) is 23.5. The number of hydrogen-bond donors (Lipinski definition) is 0. The molecule has 2 saturated heterocycles. The van der Waals surface area contributed by atoms with Crippen LogP contribution in [-0.2, 0) is 4.74 Å². The molecule has 0 N–H and O–H groups in total. The van der Waals surface area contributed by atoms with Crippen LogP contribution in [0, 0.1) is 5.92 Å². The molecule has 6 heteroatoms. The second-order valence-electron chi connectivity index (χ2n) is 8.48. The highest BCUT2D eigenvalue weighted by molar-refractivity contribution is 7.99. The molecule has 2 aliphatic heterocycles. The van der Waals surface area contributed by atoms with Crippen molar-refractivity contribution in [1.82, 2.24) is 14.8 Å². The molecule has 2 atom stereocenters. The molecule has 0 spiro atoms. The Bertz CT molecular complexity index is 829. The molecule has 0 saturated carbocycles. The van der Waals surface area contributed by atoms with Crippen molar-refractivity contribution in [1.29, 1.82) is 0 Å². The average Bonchev–Trinajstić information content (AvgIpc) is 2.74. The number of aromatic nitrogens is 1. The molecule has 2 unspecified atom stereocenters. The van der Waals surface area contributed by atoms with E-state index < -0.39 is 0 Å². The third-order valence-corrected chi connectivity index (χ3v) is 6.90. The van der Waals surface area contributed by atoms with Crippen LogP contribution in [0.1, 0.15) is 37.0 Å². The minimum atomic E-state index is 0.105. The second kappa shape index (κ2) is 9.94. The van der Waals surface area contributed by atoms with Crippen LogP contribution in [0.25, 0.3) is 0 Å². The molecule has 2 aliphatic rings. The Morgan fingerprint density at radius 1 is 1.07 bits per heavy atom. The van der Waals surface area contributed by atoms with Crippen molar-refractivity contribution in [3.8, 4) is 0 Å². The van der Waals surface area contributed by atoms with Crippen LogP contribution in [-0.4, -0.2) is 65.6 Å². The van der Waals surface area contributed by atoms with Gasteiger partial charge < -0.3 is 9.64 Å². The van der Waals surface area contributed by atoms with Gasteiger partial charge in [0.05, 0.1) is 17.8 Å². The first-order valence-corrected chi connectivity index (χ1v) is 11.7. The summed E-state index contributed by atoms with van der Waals surface area (Å²) in [5.74, 6) is 0.757. The highest BCUT2D eigenvalue weighted by atomic mass is 32.2. The molecular formula is C24H31N3O2S. The van der Waals surface area contributed by atoms with E-state index in [9.17, 15) is 4.79 Å². The van der Waals surface area contributed by atoms with E-state index in [1.807, 2.05) is 47.4 Å². The molecule has 3 heterocycles. The molecule has 0 bridgehead atoms. The molecule has 30 heavy (non-hydrogen) atoms. The number of amides is 1. The summed E-state index contributed by atoms with van der Waals surface area (Å²) in [6, 6.07) is 13.9. The van der Waals surface area contributed by atoms with Gasteiger partial charge in [0.1, 0.15) is 5.03 Å². The summed E-state index contributed by atoms with van der Waals surface area (Å²) >= 11 is 1.55. The molecule has 160 valence electrons. The van der Waals surface area contributed by atoms with Crippen molar-refractivity contribution >= 4 is 17.7 Å². The van der Waals surface area contributed by atoms with E-state index in [1.165, 1.54) is 0 Å². The fourth-order valence-electron chi connectivity index (χ4n) is 4.52. The summed E-state index contributed by atoms with van der Waals surface area (Å²) in [6.07, 6.45) is 4.50. The highest BCUT2D eigenvalue weighted by Crippen LogP contribution is 2.30. The van der Waals surface area contributed by atoms with Gasteiger partial charge in [-0.2, -0.15) is 0 Å². The molecule has 2 aromatic rings. The van der Waals surface area contributed by atoms with Gasteiger partial charge in [-0.3, -0.25) is 9.69 Å². The van der Waals surface area contributed by atoms with Crippen LogP contribution < -0.4 is 0 Å². The van der Waals surface area contributed by atoms with Crippen molar-refractivity contribution in [3.05, 3.63) is 54.2 Å². The van der Waals surface area contributed by atoms with Gasteiger partial charge in [-0.15, -0.1) is 0 Å². The predicted molar refractivity (Wildman–Crippen MR) is 120 cm³/mol. The number of benzene rings is 1. The zero-order valence-electron chi connectivity index (χ0n) is 17.9. The number of pyridine rings is 1. The summed E-state index contributed by atoms with van der Waals surface area (Å²) in [5, 5.41) is 0.784. The SMILES string of the molecule is CC1CN(CC2CCN(C(=O)c3cccnc3Sc3ccccc3)CC2)CC(C)O1. The maximum atomic E-state index is 13.2. The van der Waals surface area contributed by atoms with Crippen LogP contribution in [0.3, 0.4) is 0 Å². The summed E-state index contributed by atoms with van der Waals surface area (Å²) in [6.45, 7) is 9.10. The summed E-state index contributed by atoms with van der Waals surface area (Å²) in [5.41, 5.74) is 0.709. The van der Waals surface area contributed by atoms with Gasteiger partial charge in [-0.1, -0.05) is 30.0 Å². The van der Waals surface area contributed by atoms with E-state index in [4.69, 9.17) is 4.74 Å². The largest absolute Gasteiger partial charge is 0.373 e. The molecule has 2 fully saturated rings. The lowest BCUT2D eigenvalue weighted by atomic mass is 9.95. The summed E-state index contributed by atoms with van der Waals surface area (Å²) in [7, 11) is 0. The first-order chi connectivity index (χ1) is 14.6. The minimum absolute atomic E-state index is 0.105. The topological polar surface area (TPSA) is 45.7 Å². The second-order valence-corrected chi connectivity index (χ2v) is 9.54. The van der Waals surface area contributed by atoms with E-state index >= 15 is 0 Å². The number of carbonyl (C=O) groups is 1. The van der Waals surface area contributed by atoms with Gasteiger partial charge in [-0.05, 0) is 56.9 Å². The van der Waals surface area contributed by atoms with Gasteiger partial charge in [-0.25, -0.2) is 4.98 Å². The van der Waals surface area contributed by atoms with E-state index in [0.29, 0.717) is 23.7 Å². The van der Waals surface area contributed by atoms with Crippen molar-refractivity contribution < 1.29 is 9.53 Å². The van der Waals surface area contributed by atoms with Crippen molar-refractivity contribution in [3.63, 3.8) is 0 Å². The van der Waals surface area contributed by atoms with E-state index in [2.05, 4.69) is 23.7 Å².